The van der Waals surface area contributed by atoms with Crippen molar-refractivity contribution in [2.24, 2.45) is 0 Å². The van der Waals surface area contributed by atoms with Crippen LogP contribution in [0.25, 0.3) is 0 Å². The Balaban J connectivity index is 3.10. The van der Waals surface area contributed by atoms with Crippen LogP contribution in [0.5, 0.6) is 0 Å². The fraction of sp³-hybridized carbons (Fsp3) is 0.200. The Kier molecular flexibility index (Phi) is 4.53. The van der Waals surface area contributed by atoms with Crippen LogP contribution in [0.2, 0.25) is 0 Å². The number of hydrogen-bond acceptors (Lipinski definition) is 5. The van der Waals surface area contributed by atoms with E-state index in [0.717, 1.165) is 0 Å². The second kappa shape index (κ2) is 5.69. The van der Waals surface area contributed by atoms with Crippen molar-refractivity contribution in [1.82, 2.24) is 0 Å². The van der Waals surface area contributed by atoms with Gasteiger partial charge in [-0.15, -0.1) is 23.5 Å². The summed E-state index contributed by atoms with van der Waals surface area (Å²) < 4.78 is 5.67. The van der Waals surface area contributed by atoms with Crippen LogP contribution in [0.15, 0.2) is 32.6 Å². The summed E-state index contributed by atoms with van der Waals surface area (Å²) in [7, 11) is 0. The van der Waals surface area contributed by atoms with Crippen LogP contribution in [0.4, 0.5) is 0 Å². The summed E-state index contributed by atoms with van der Waals surface area (Å²) in [6, 6.07) is 5.10. The first-order valence-corrected chi connectivity index (χ1v) is 6.50. The summed E-state index contributed by atoms with van der Waals surface area (Å²) in [5.74, 6) is -0.159. The van der Waals surface area contributed by atoms with Gasteiger partial charge in [-0.1, -0.05) is 0 Å². The Morgan fingerprint density at radius 2 is 2.13 bits per heavy atom. The molecule has 0 fully saturated rings. The largest absolute Gasteiger partial charge is 0.461 e. The van der Waals surface area contributed by atoms with Crippen molar-refractivity contribution in [3.8, 4) is 6.07 Å². The molecule has 0 spiro atoms. The highest BCUT2D eigenvalue weighted by Crippen LogP contribution is 2.28. The molecule has 0 radical (unpaired) electrons. The van der Waals surface area contributed by atoms with Crippen LogP contribution < -0.4 is 0 Å². The third-order valence-electron chi connectivity index (χ3n) is 1.66. The number of carbonyl (C=O) groups is 1. The fourth-order valence-electron chi connectivity index (χ4n) is 1.01. The van der Waals surface area contributed by atoms with Gasteiger partial charge in [0.15, 0.2) is 5.76 Å². The average Bonchev–Trinajstić information content (AvgIpc) is 2.78. The quantitative estimate of drug-likeness (QED) is 0.459. The summed E-state index contributed by atoms with van der Waals surface area (Å²) in [6.07, 6.45) is 5.08. The van der Waals surface area contributed by atoms with E-state index in [1.165, 1.54) is 29.8 Å². The van der Waals surface area contributed by atoms with Crippen molar-refractivity contribution in [1.29, 1.82) is 5.26 Å². The Bertz CT molecular complexity index is 409. The molecule has 3 nitrogen and oxygen atoms in total. The van der Waals surface area contributed by atoms with E-state index < -0.39 is 0 Å². The number of carbonyl (C=O) groups excluding carboxylic acids is 1. The molecule has 1 rings (SSSR count). The normalized spacial score (nSPS) is 9.40. The summed E-state index contributed by atoms with van der Waals surface area (Å²) in [6.45, 7) is 0. The SMILES string of the molecule is CSC(SC)=C(C#N)C(=O)c1ccco1. The van der Waals surface area contributed by atoms with Crippen LogP contribution in [0.1, 0.15) is 10.6 Å². The summed E-state index contributed by atoms with van der Waals surface area (Å²) >= 11 is 2.77. The lowest BCUT2D eigenvalue weighted by atomic mass is 10.2. The van der Waals surface area contributed by atoms with Crippen molar-refractivity contribution < 1.29 is 9.21 Å². The topological polar surface area (TPSA) is 54.0 Å². The number of nitriles is 1. The molecule has 15 heavy (non-hydrogen) atoms. The molecule has 0 aliphatic rings. The number of allylic oxidation sites excluding steroid dienone is 1. The maximum atomic E-state index is 11.8. The van der Waals surface area contributed by atoms with Crippen LogP contribution in [0, 0.1) is 11.3 Å². The van der Waals surface area contributed by atoms with E-state index in [4.69, 9.17) is 9.68 Å². The molecule has 78 valence electrons. The van der Waals surface area contributed by atoms with Gasteiger partial charge in [0.1, 0.15) is 11.6 Å². The molecule has 1 heterocycles. The highest BCUT2D eigenvalue weighted by molar-refractivity contribution is 8.21. The van der Waals surface area contributed by atoms with E-state index in [0.29, 0.717) is 4.24 Å². The average molecular weight is 239 g/mol. The van der Waals surface area contributed by atoms with E-state index in [1.807, 2.05) is 18.6 Å². The Morgan fingerprint density at radius 1 is 1.47 bits per heavy atom. The molecule has 0 aliphatic heterocycles. The highest BCUT2D eigenvalue weighted by atomic mass is 32.2. The molecular formula is C10H9NO2S2. The predicted octanol–water partition coefficient (Wildman–Crippen LogP) is 2.92. The Hall–Kier alpha value is -1.12. The first kappa shape index (κ1) is 12.0. The summed E-state index contributed by atoms with van der Waals surface area (Å²) in [4.78, 5) is 11.8. The van der Waals surface area contributed by atoms with Gasteiger partial charge in [-0.05, 0) is 24.6 Å². The van der Waals surface area contributed by atoms with E-state index in [-0.39, 0.29) is 17.1 Å². The predicted molar refractivity (Wildman–Crippen MR) is 62.7 cm³/mol. The first-order chi connectivity index (χ1) is 7.24. The van der Waals surface area contributed by atoms with Gasteiger partial charge < -0.3 is 4.42 Å². The van der Waals surface area contributed by atoms with Gasteiger partial charge >= 0.3 is 0 Å². The van der Waals surface area contributed by atoms with Gasteiger partial charge in [-0.2, -0.15) is 5.26 Å². The van der Waals surface area contributed by atoms with E-state index in [2.05, 4.69) is 0 Å². The highest BCUT2D eigenvalue weighted by Gasteiger charge is 2.18. The fourth-order valence-corrected chi connectivity index (χ4v) is 2.36. The smallest absolute Gasteiger partial charge is 0.240 e. The van der Waals surface area contributed by atoms with E-state index in [9.17, 15) is 4.79 Å². The summed E-state index contributed by atoms with van der Waals surface area (Å²) in [5.41, 5.74) is 0.143. The van der Waals surface area contributed by atoms with Gasteiger partial charge in [0, 0.05) is 0 Å². The van der Waals surface area contributed by atoms with Crippen molar-refractivity contribution >= 4 is 29.3 Å². The van der Waals surface area contributed by atoms with Crippen LogP contribution in [-0.4, -0.2) is 18.3 Å². The second-order valence-electron chi connectivity index (χ2n) is 2.49. The Morgan fingerprint density at radius 3 is 2.53 bits per heavy atom. The van der Waals surface area contributed by atoms with Crippen molar-refractivity contribution in [2.75, 3.05) is 12.5 Å². The molecule has 0 atom stereocenters. The number of furan rings is 1. The lowest BCUT2D eigenvalue weighted by Gasteiger charge is -2.01. The minimum absolute atomic E-state index is 0.143. The van der Waals surface area contributed by atoms with Gasteiger partial charge in [0.2, 0.25) is 5.78 Å². The molecule has 1 aromatic rings. The third kappa shape index (κ3) is 2.67. The van der Waals surface area contributed by atoms with Gasteiger partial charge in [0.25, 0.3) is 0 Å². The number of hydrogen-bond donors (Lipinski definition) is 0. The van der Waals surface area contributed by atoms with E-state index >= 15 is 0 Å². The van der Waals surface area contributed by atoms with Gasteiger partial charge in [-0.3, -0.25) is 4.79 Å². The number of nitrogens with zero attached hydrogens (tertiary/aromatic N) is 1. The summed E-state index contributed by atoms with van der Waals surface area (Å²) in [5, 5.41) is 8.93. The van der Waals surface area contributed by atoms with Crippen LogP contribution in [0.3, 0.4) is 0 Å². The van der Waals surface area contributed by atoms with Crippen LogP contribution in [-0.2, 0) is 0 Å². The standard InChI is InChI=1S/C10H9NO2S2/c1-14-10(15-2)7(6-11)9(12)8-4-3-5-13-8/h3-5H,1-2H3. The minimum atomic E-state index is -0.360. The molecule has 1 aromatic heterocycles. The maximum absolute atomic E-state index is 11.8. The molecule has 0 amide bonds. The molecule has 0 aliphatic carbocycles. The zero-order valence-electron chi connectivity index (χ0n) is 8.31. The monoisotopic (exact) mass is 239 g/mol. The Labute approximate surface area is 96.5 Å². The number of Topliss-reactive ketones (excluding diaryl/α,β-unsaturated/α-hetero) is 1. The molecule has 0 bridgehead atoms. The zero-order chi connectivity index (χ0) is 11.3. The lowest BCUT2D eigenvalue weighted by molar-refractivity contribution is 0.101. The number of thioether (sulfide) groups is 2. The third-order valence-corrected chi connectivity index (χ3v) is 3.81. The molecule has 0 aromatic carbocycles. The van der Waals surface area contributed by atoms with Gasteiger partial charge in [0.05, 0.1) is 10.5 Å². The zero-order valence-corrected chi connectivity index (χ0v) is 9.95. The number of rotatable bonds is 4. The molecule has 5 heteroatoms. The maximum Gasteiger partial charge on any atom is 0.240 e. The molecule has 0 unspecified atom stereocenters. The van der Waals surface area contributed by atoms with Crippen LogP contribution >= 0.6 is 23.5 Å². The van der Waals surface area contributed by atoms with Crippen molar-refractivity contribution in [2.45, 2.75) is 0 Å². The van der Waals surface area contributed by atoms with Crippen molar-refractivity contribution in [3.05, 3.63) is 34.0 Å². The van der Waals surface area contributed by atoms with Gasteiger partial charge in [-0.25, -0.2) is 0 Å². The lowest BCUT2D eigenvalue weighted by Crippen LogP contribution is -2.01. The number of ketones is 1. The molecule has 0 saturated heterocycles. The molecular weight excluding hydrogens is 230 g/mol. The van der Waals surface area contributed by atoms with Crippen molar-refractivity contribution in [3.63, 3.8) is 0 Å². The first-order valence-electron chi connectivity index (χ1n) is 4.05. The second-order valence-corrected chi connectivity index (χ2v) is 4.38. The molecule has 0 saturated carbocycles. The van der Waals surface area contributed by atoms with E-state index in [1.54, 1.807) is 12.1 Å². The minimum Gasteiger partial charge on any atom is -0.461 e. The molecule has 0 N–H and O–H groups in total.